The van der Waals surface area contributed by atoms with Gasteiger partial charge in [-0.25, -0.2) is 17.9 Å². The van der Waals surface area contributed by atoms with Crippen molar-refractivity contribution < 1.29 is 23.1 Å². The molecule has 0 aromatic heterocycles. The normalized spacial score (nSPS) is 15.3. The fourth-order valence-corrected chi connectivity index (χ4v) is 3.89. The number of carboxylic acids is 1. The number of carbonyl (C=O) groups is 1. The molecule has 0 atom stereocenters. The van der Waals surface area contributed by atoms with Crippen LogP contribution in [0.25, 0.3) is 0 Å². The van der Waals surface area contributed by atoms with Gasteiger partial charge >= 0.3 is 5.97 Å². The van der Waals surface area contributed by atoms with Crippen molar-refractivity contribution in [1.82, 2.24) is 4.72 Å². The molecule has 0 spiro atoms. The Kier molecular flexibility index (Phi) is 4.55. The molecule has 1 aromatic rings. The van der Waals surface area contributed by atoms with Crippen LogP contribution in [-0.4, -0.2) is 32.6 Å². The van der Waals surface area contributed by atoms with E-state index in [0.29, 0.717) is 12.8 Å². The smallest absolute Gasteiger partial charge is 0.339 e. The molecule has 0 saturated carbocycles. The Morgan fingerprint density at radius 2 is 2.00 bits per heavy atom. The second-order valence-corrected chi connectivity index (χ2v) is 6.67. The molecular weight excluding hydrogens is 318 g/mol. The van der Waals surface area contributed by atoms with Crippen molar-refractivity contribution in [3.8, 4) is 5.75 Å². The summed E-state index contributed by atoms with van der Waals surface area (Å²) in [6, 6.07) is 2.09. The van der Waals surface area contributed by atoms with E-state index in [1.54, 1.807) is 0 Å². The first kappa shape index (κ1) is 15.8. The van der Waals surface area contributed by atoms with Gasteiger partial charge in [0.1, 0.15) is 10.5 Å². The van der Waals surface area contributed by atoms with E-state index in [9.17, 15) is 13.2 Å². The van der Waals surface area contributed by atoms with Crippen LogP contribution in [-0.2, 0) is 10.0 Å². The minimum atomic E-state index is -3.93. The van der Waals surface area contributed by atoms with Gasteiger partial charge in [-0.15, -0.1) is 0 Å². The van der Waals surface area contributed by atoms with E-state index in [4.69, 9.17) is 21.4 Å². The molecule has 8 heteroatoms. The highest BCUT2D eigenvalue weighted by Gasteiger charge is 2.28. The Balaban J connectivity index is 2.48. The number of aromatic carboxylic acids is 1. The van der Waals surface area contributed by atoms with E-state index in [1.165, 1.54) is 13.2 Å². The first-order valence-electron chi connectivity index (χ1n) is 6.13. The number of methoxy groups -OCH3 is 1. The fourth-order valence-electron chi connectivity index (χ4n) is 2.13. The highest BCUT2D eigenvalue weighted by molar-refractivity contribution is 7.89. The first-order valence-corrected chi connectivity index (χ1v) is 7.99. The predicted molar refractivity (Wildman–Crippen MR) is 77.4 cm³/mol. The van der Waals surface area contributed by atoms with Crippen LogP contribution in [0, 0.1) is 0 Å². The summed E-state index contributed by atoms with van der Waals surface area (Å²) >= 11 is 5.82. The fraction of sp³-hybridized carbons (Fsp3) is 0.308. The molecule has 1 aromatic carbocycles. The van der Waals surface area contributed by atoms with Crippen LogP contribution in [0.1, 0.15) is 23.2 Å². The Morgan fingerprint density at radius 1 is 1.38 bits per heavy atom. The lowest BCUT2D eigenvalue weighted by molar-refractivity contribution is 0.0693. The van der Waals surface area contributed by atoms with E-state index >= 15 is 0 Å². The maximum Gasteiger partial charge on any atom is 0.339 e. The van der Waals surface area contributed by atoms with Crippen molar-refractivity contribution >= 4 is 27.6 Å². The van der Waals surface area contributed by atoms with Crippen molar-refractivity contribution in [1.29, 1.82) is 0 Å². The van der Waals surface area contributed by atoms with Crippen LogP contribution in [0.4, 0.5) is 0 Å². The average Bonchev–Trinajstić information content (AvgIpc) is 2.89. The maximum absolute atomic E-state index is 12.4. The number of carboxylic acid groups (broad SMARTS) is 1. The second kappa shape index (κ2) is 6.05. The molecule has 0 unspecified atom stereocenters. The summed E-state index contributed by atoms with van der Waals surface area (Å²) in [5.74, 6) is -1.54. The quantitative estimate of drug-likeness (QED) is 0.805. The predicted octanol–water partition coefficient (Wildman–Crippen LogP) is 2.04. The zero-order valence-electron chi connectivity index (χ0n) is 11.2. The highest BCUT2D eigenvalue weighted by atomic mass is 35.5. The standard InChI is InChI=1S/C13H14ClNO5S/c1-20-12-10(13(16)17)6-8(14)7-11(12)21(18,19)15-9-4-2-3-5-9/h2-3,6-7,9,15H,4-5H2,1H3,(H,16,17). The van der Waals surface area contributed by atoms with E-state index in [-0.39, 0.29) is 27.3 Å². The van der Waals surface area contributed by atoms with Crippen LogP contribution in [0.3, 0.4) is 0 Å². The Hall–Kier alpha value is -1.57. The van der Waals surface area contributed by atoms with Crippen molar-refractivity contribution in [3.05, 3.63) is 34.9 Å². The van der Waals surface area contributed by atoms with E-state index in [2.05, 4.69) is 4.72 Å². The number of benzene rings is 1. The molecular formula is C13H14ClNO5S. The summed E-state index contributed by atoms with van der Waals surface area (Å²) in [7, 11) is -2.71. The Labute approximate surface area is 127 Å². The third-order valence-corrected chi connectivity index (χ3v) is 4.82. The minimum absolute atomic E-state index is 0.0121. The van der Waals surface area contributed by atoms with Gasteiger partial charge in [-0.05, 0) is 25.0 Å². The molecule has 0 fully saturated rings. The Bertz CT molecular complexity index is 691. The average molecular weight is 332 g/mol. The van der Waals surface area contributed by atoms with Crippen molar-refractivity contribution in [2.45, 2.75) is 23.8 Å². The van der Waals surface area contributed by atoms with Gasteiger partial charge in [0.2, 0.25) is 10.0 Å². The maximum atomic E-state index is 12.4. The van der Waals surface area contributed by atoms with Gasteiger partial charge in [-0.3, -0.25) is 0 Å². The van der Waals surface area contributed by atoms with E-state index < -0.39 is 16.0 Å². The molecule has 0 heterocycles. The number of sulfonamides is 1. The van der Waals surface area contributed by atoms with Crippen molar-refractivity contribution in [3.63, 3.8) is 0 Å². The molecule has 0 aliphatic heterocycles. The minimum Gasteiger partial charge on any atom is -0.494 e. The van der Waals surface area contributed by atoms with Crippen LogP contribution in [0.5, 0.6) is 5.75 Å². The molecule has 0 amide bonds. The van der Waals surface area contributed by atoms with Crippen LogP contribution in [0.15, 0.2) is 29.2 Å². The monoisotopic (exact) mass is 331 g/mol. The zero-order chi connectivity index (χ0) is 15.6. The third-order valence-electron chi connectivity index (χ3n) is 3.07. The lowest BCUT2D eigenvalue weighted by Crippen LogP contribution is -2.33. The molecule has 2 N–H and O–H groups in total. The summed E-state index contributed by atoms with van der Waals surface area (Å²) in [4.78, 5) is 10.9. The lowest BCUT2D eigenvalue weighted by Gasteiger charge is -2.16. The van der Waals surface area contributed by atoms with Gasteiger partial charge in [-0.1, -0.05) is 23.8 Å². The van der Waals surface area contributed by atoms with E-state index in [1.807, 2.05) is 12.2 Å². The van der Waals surface area contributed by atoms with Crippen molar-refractivity contribution in [2.75, 3.05) is 7.11 Å². The summed E-state index contributed by atoms with van der Waals surface area (Å²) in [6.07, 6.45) is 4.94. The zero-order valence-corrected chi connectivity index (χ0v) is 12.7. The molecule has 0 saturated heterocycles. The van der Waals surface area contributed by atoms with E-state index in [0.717, 1.165) is 6.07 Å². The third kappa shape index (κ3) is 3.37. The first-order chi connectivity index (χ1) is 9.85. The number of rotatable bonds is 5. The SMILES string of the molecule is COc1c(C(=O)O)cc(Cl)cc1S(=O)(=O)NC1CC=CC1. The number of halogens is 1. The van der Waals surface area contributed by atoms with Crippen LogP contribution < -0.4 is 9.46 Å². The highest BCUT2D eigenvalue weighted by Crippen LogP contribution is 2.32. The number of hydrogen-bond donors (Lipinski definition) is 2. The van der Waals surface area contributed by atoms with Gasteiger partial charge in [0.15, 0.2) is 5.75 Å². The van der Waals surface area contributed by atoms with Gasteiger partial charge < -0.3 is 9.84 Å². The van der Waals surface area contributed by atoms with Crippen LogP contribution in [0.2, 0.25) is 5.02 Å². The van der Waals surface area contributed by atoms with Gasteiger partial charge in [0.25, 0.3) is 0 Å². The summed E-state index contributed by atoms with van der Waals surface area (Å²) in [6.45, 7) is 0. The van der Waals surface area contributed by atoms with Gasteiger partial charge in [-0.2, -0.15) is 0 Å². The van der Waals surface area contributed by atoms with Crippen molar-refractivity contribution in [2.24, 2.45) is 0 Å². The number of ether oxygens (including phenoxy) is 1. The Morgan fingerprint density at radius 3 is 2.52 bits per heavy atom. The second-order valence-electron chi connectivity index (χ2n) is 4.55. The van der Waals surface area contributed by atoms with Gasteiger partial charge in [0, 0.05) is 11.1 Å². The molecule has 6 nitrogen and oxygen atoms in total. The molecule has 0 bridgehead atoms. The lowest BCUT2D eigenvalue weighted by atomic mass is 10.2. The molecule has 0 radical (unpaired) electrons. The largest absolute Gasteiger partial charge is 0.494 e. The molecule has 2 rings (SSSR count). The summed E-state index contributed by atoms with van der Waals surface area (Å²) in [5.41, 5.74) is -0.296. The summed E-state index contributed by atoms with van der Waals surface area (Å²) in [5, 5.41) is 9.14. The number of hydrogen-bond acceptors (Lipinski definition) is 4. The van der Waals surface area contributed by atoms with Crippen LogP contribution >= 0.6 is 11.6 Å². The van der Waals surface area contributed by atoms with Gasteiger partial charge in [0.05, 0.1) is 7.11 Å². The molecule has 1 aliphatic rings. The molecule has 1 aliphatic carbocycles. The molecule has 21 heavy (non-hydrogen) atoms. The summed E-state index contributed by atoms with van der Waals surface area (Å²) < 4.78 is 32.3. The number of nitrogens with one attached hydrogen (secondary N) is 1. The molecule has 114 valence electrons. The topological polar surface area (TPSA) is 92.7 Å².